The molecule has 1 amide bonds. The molecule has 1 fully saturated rings. The standard InChI is InChI=1S/C14H16IN5O4/c15-8-19-12-4-3-10(20(23)24)6-11(12)17-13(19)18-5-1-2-9(7-18)16-14(21)22/h3-4,6,9,16H,1-2,5,7-8H2,(H,21,22). The molecule has 0 saturated carbocycles. The number of carbonyl (C=O) groups is 1. The highest BCUT2D eigenvalue weighted by Gasteiger charge is 2.25. The minimum absolute atomic E-state index is 0.0104. The lowest BCUT2D eigenvalue weighted by molar-refractivity contribution is -0.384. The Morgan fingerprint density at radius 3 is 3.00 bits per heavy atom. The van der Waals surface area contributed by atoms with Crippen molar-refractivity contribution in [3.63, 3.8) is 0 Å². The van der Waals surface area contributed by atoms with E-state index in [1.807, 2.05) is 9.47 Å². The smallest absolute Gasteiger partial charge is 0.404 e. The van der Waals surface area contributed by atoms with Crippen molar-refractivity contribution >= 4 is 51.4 Å². The van der Waals surface area contributed by atoms with E-state index in [1.54, 1.807) is 6.07 Å². The lowest BCUT2D eigenvalue weighted by Crippen LogP contribution is -2.48. The van der Waals surface area contributed by atoms with Gasteiger partial charge >= 0.3 is 6.09 Å². The molecule has 2 N–H and O–H groups in total. The minimum Gasteiger partial charge on any atom is -0.465 e. The topological polar surface area (TPSA) is 114 Å². The predicted octanol–water partition coefficient (Wildman–Crippen LogP) is 2.57. The number of aromatic nitrogens is 2. The van der Waals surface area contributed by atoms with Gasteiger partial charge in [0.1, 0.15) is 0 Å². The number of rotatable bonds is 4. The molecule has 1 unspecified atom stereocenters. The summed E-state index contributed by atoms with van der Waals surface area (Å²) in [6.45, 7) is 1.31. The Labute approximate surface area is 150 Å². The van der Waals surface area contributed by atoms with Crippen LogP contribution < -0.4 is 10.2 Å². The van der Waals surface area contributed by atoms with Gasteiger partial charge in [0.2, 0.25) is 5.95 Å². The molecule has 128 valence electrons. The van der Waals surface area contributed by atoms with Crippen LogP contribution in [0.4, 0.5) is 16.4 Å². The van der Waals surface area contributed by atoms with Crippen molar-refractivity contribution in [2.45, 2.75) is 23.4 Å². The van der Waals surface area contributed by atoms with Gasteiger partial charge in [0.05, 0.1) is 20.5 Å². The summed E-state index contributed by atoms with van der Waals surface area (Å²) in [5.74, 6) is 0.719. The first-order valence-corrected chi connectivity index (χ1v) is 8.97. The van der Waals surface area contributed by atoms with Gasteiger partial charge in [-0.1, -0.05) is 22.6 Å². The first kappa shape index (κ1) is 16.7. The Hall–Kier alpha value is -2.11. The number of amides is 1. The molecule has 0 radical (unpaired) electrons. The summed E-state index contributed by atoms with van der Waals surface area (Å²) in [6, 6.07) is 4.51. The van der Waals surface area contributed by atoms with Gasteiger partial charge in [0, 0.05) is 31.3 Å². The normalized spacial score (nSPS) is 17.9. The number of anilines is 1. The number of non-ortho nitro benzene ring substituents is 1. The number of nitrogens with one attached hydrogen (secondary N) is 1. The number of hydrogen-bond donors (Lipinski definition) is 2. The van der Waals surface area contributed by atoms with Gasteiger partial charge in [-0.05, 0) is 18.9 Å². The average molecular weight is 445 g/mol. The van der Waals surface area contributed by atoms with E-state index in [0.717, 1.165) is 30.9 Å². The minimum atomic E-state index is -1.03. The fourth-order valence-corrected chi connectivity index (χ4v) is 3.70. The number of nitro groups is 1. The number of halogens is 1. The predicted molar refractivity (Wildman–Crippen MR) is 96.8 cm³/mol. The molecular formula is C14H16IN5O4. The molecule has 10 heteroatoms. The molecule has 3 rings (SSSR count). The average Bonchev–Trinajstić information content (AvgIpc) is 2.92. The Bertz CT molecular complexity index is 793. The van der Waals surface area contributed by atoms with Gasteiger partial charge < -0.3 is 19.9 Å². The zero-order chi connectivity index (χ0) is 17.3. The van der Waals surface area contributed by atoms with E-state index in [9.17, 15) is 14.9 Å². The number of fused-ring (bicyclic) bond motifs is 1. The van der Waals surface area contributed by atoms with Gasteiger partial charge in [-0.2, -0.15) is 0 Å². The van der Waals surface area contributed by atoms with Gasteiger partial charge in [0.15, 0.2) is 0 Å². The Morgan fingerprint density at radius 1 is 1.54 bits per heavy atom. The summed E-state index contributed by atoms with van der Waals surface area (Å²) in [6.07, 6.45) is 0.619. The van der Waals surface area contributed by atoms with Gasteiger partial charge in [-0.25, -0.2) is 9.78 Å². The Balaban J connectivity index is 1.95. The summed E-state index contributed by atoms with van der Waals surface area (Å²) < 4.78 is 2.64. The van der Waals surface area contributed by atoms with Crippen LogP contribution in [0, 0.1) is 10.1 Å². The molecule has 24 heavy (non-hydrogen) atoms. The summed E-state index contributed by atoms with van der Waals surface area (Å²) in [5, 5.41) is 22.4. The highest BCUT2D eigenvalue weighted by Crippen LogP contribution is 2.28. The van der Waals surface area contributed by atoms with Crippen molar-refractivity contribution in [3.8, 4) is 0 Å². The molecule has 0 spiro atoms. The zero-order valence-electron chi connectivity index (χ0n) is 12.7. The van der Waals surface area contributed by atoms with Crippen molar-refractivity contribution < 1.29 is 14.8 Å². The molecule has 9 nitrogen and oxygen atoms in total. The lowest BCUT2D eigenvalue weighted by Gasteiger charge is -2.33. The fraction of sp³-hybridized carbons (Fsp3) is 0.429. The quantitative estimate of drug-likeness (QED) is 0.324. The number of imidazole rings is 1. The maximum absolute atomic E-state index is 10.9. The third-order valence-corrected chi connectivity index (χ3v) is 4.76. The van der Waals surface area contributed by atoms with Gasteiger partial charge in [-0.15, -0.1) is 0 Å². The van der Waals surface area contributed by atoms with E-state index in [1.165, 1.54) is 12.1 Å². The number of carboxylic acid groups (broad SMARTS) is 1. The summed E-state index contributed by atoms with van der Waals surface area (Å²) in [5.41, 5.74) is 1.42. The van der Waals surface area contributed by atoms with Crippen LogP contribution in [0.25, 0.3) is 11.0 Å². The summed E-state index contributed by atoms with van der Waals surface area (Å²) in [7, 11) is 0. The molecule has 1 atom stereocenters. The summed E-state index contributed by atoms with van der Waals surface area (Å²) in [4.78, 5) is 28.0. The van der Waals surface area contributed by atoms with Crippen LogP contribution in [-0.4, -0.2) is 44.8 Å². The molecule has 1 saturated heterocycles. The van der Waals surface area contributed by atoms with Crippen LogP contribution in [-0.2, 0) is 4.55 Å². The monoisotopic (exact) mass is 445 g/mol. The molecule has 1 aromatic heterocycles. The Kier molecular flexibility index (Phi) is 4.73. The van der Waals surface area contributed by atoms with Crippen molar-refractivity contribution in [3.05, 3.63) is 28.3 Å². The molecule has 0 bridgehead atoms. The van der Waals surface area contributed by atoms with Gasteiger partial charge in [-0.3, -0.25) is 10.1 Å². The number of nitrogens with zero attached hydrogens (tertiary/aromatic N) is 4. The van der Waals surface area contributed by atoms with Crippen LogP contribution >= 0.6 is 22.6 Å². The van der Waals surface area contributed by atoms with Crippen molar-refractivity contribution in [1.29, 1.82) is 0 Å². The van der Waals surface area contributed by atoms with Crippen LogP contribution in [0.3, 0.4) is 0 Å². The highest BCUT2D eigenvalue weighted by molar-refractivity contribution is 14.1. The SMILES string of the molecule is O=C(O)NC1CCCN(c2nc3cc([N+](=O)[O-])ccc3n2CI)C1. The number of piperidine rings is 1. The van der Waals surface area contributed by atoms with E-state index in [4.69, 9.17) is 5.11 Å². The molecule has 1 aliphatic heterocycles. The molecule has 2 aromatic rings. The molecule has 1 aromatic carbocycles. The number of alkyl halides is 1. The molecule has 0 aliphatic carbocycles. The zero-order valence-corrected chi connectivity index (χ0v) is 14.8. The fourth-order valence-electron chi connectivity index (χ4n) is 3.03. The van der Waals surface area contributed by atoms with E-state index < -0.39 is 11.0 Å². The third kappa shape index (κ3) is 3.23. The first-order chi connectivity index (χ1) is 11.5. The maximum Gasteiger partial charge on any atom is 0.404 e. The second kappa shape index (κ2) is 6.79. The van der Waals surface area contributed by atoms with E-state index >= 15 is 0 Å². The number of benzene rings is 1. The second-order valence-electron chi connectivity index (χ2n) is 5.62. The van der Waals surface area contributed by atoms with Crippen LogP contribution in [0.2, 0.25) is 0 Å². The van der Waals surface area contributed by atoms with Crippen LogP contribution in [0.5, 0.6) is 0 Å². The number of nitro benzene ring substituents is 1. The van der Waals surface area contributed by atoms with Crippen LogP contribution in [0.1, 0.15) is 12.8 Å². The first-order valence-electron chi connectivity index (χ1n) is 7.44. The van der Waals surface area contributed by atoms with E-state index in [2.05, 4.69) is 32.9 Å². The van der Waals surface area contributed by atoms with E-state index in [0.29, 0.717) is 16.6 Å². The molecular weight excluding hydrogens is 429 g/mol. The van der Waals surface area contributed by atoms with Crippen molar-refractivity contribution in [2.24, 2.45) is 0 Å². The van der Waals surface area contributed by atoms with Gasteiger partial charge in [0.25, 0.3) is 5.69 Å². The highest BCUT2D eigenvalue weighted by atomic mass is 127. The maximum atomic E-state index is 10.9. The van der Waals surface area contributed by atoms with Crippen LogP contribution in [0.15, 0.2) is 18.2 Å². The van der Waals surface area contributed by atoms with Crippen molar-refractivity contribution in [1.82, 2.24) is 14.9 Å². The second-order valence-corrected chi connectivity index (χ2v) is 6.31. The lowest BCUT2D eigenvalue weighted by atomic mass is 10.1. The largest absolute Gasteiger partial charge is 0.465 e. The van der Waals surface area contributed by atoms with E-state index in [-0.39, 0.29) is 11.7 Å². The Morgan fingerprint density at radius 2 is 2.33 bits per heavy atom. The molecule has 2 heterocycles. The number of hydrogen-bond acceptors (Lipinski definition) is 5. The van der Waals surface area contributed by atoms with Crippen molar-refractivity contribution in [2.75, 3.05) is 18.0 Å². The summed E-state index contributed by atoms with van der Waals surface area (Å²) >= 11 is 2.22. The third-order valence-electron chi connectivity index (χ3n) is 4.07. The molecule has 1 aliphatic rings.